The number of piperidine rings is 1. The average molecular weight is 420 g/mol. The summed E-state index contributed by atoms with van der Waals surface area (Å²) in [6, 6.07) is 9.70. The first kappa shape index (κ1) is 20.0. The maximum atomic E-state index is 12.5. The molecule has 1 aromatic rings. The first-order valence-corrected chi connectivity index (χ1v) is 9.39. The molecule has 26 heavy (non-hydrogen) atoms. The zero-order valence-electron chi connectivity index (χ0n) is 14.7. The van der Waals surface area contributed by atoms with E-state index in [4.69, 9.17) is 4.74 Å². The van der Waals surface area contributed by atoms with Gasteiger partial charge >= 0.3 is 5.97 Å². The number of hydrogen-bond donors (Lipinski definition) is 1. The molecule has 1 amide bonds. The monoisotopic (exact) mass is 419 g/mol. The molecule has 0 atom stereocenters. The van der Waals surface area contributed by atoms with Crippen molar-refractivity contribution in [3.63, 3.8) is 0 Å². The summed E-state index contributed by atoms with van der Waals surface area (Å²) >= 11 is 3.46. The van der Waals surface area contributed by atoms with Crippen LogP contribution in [0.2, 0.25) is 0 Å². The van der Waals surface area contributed by atoms with Gasteiger partial charge in [0.15, 0.2) is 0 Å². The Kier molecular flexibility index (Phi) is 7.67. The first-order chi connectivity index (χ1) is 12.6. The Balaban J connectivity index is 1.89. The van der Waals surface area contributed by atoms with E-state index in [1.807, 2.05) is 30.3 Å². The molecule has 1 saturated heterocycles. The Morgan fingerprint density at radius 3 is 2.69 bits per heavy atom. The zero-order valence-corrected chi connectivity index (χ0v) is 16.3. The number of hydrogen-bond acceptors (Lipinski definition) is 5. The number of nitriles is 1. The highest BCUT2D eigenvalue weighted by molar-refractivity contribution is 9.10. The molecule has 1 heterocycles. The quantitative estimate of drug-likeness (QED) is 0.435. The Bertz CT molecular complexity index is 719. The van der Waals surface area contributed by atoms with E-state index in [9.17, 15) is 14.9 Å². The van der Waals surface area contributed by atoms with Crippen molar-refractivity contribution >= 4 is 27.8 Å². The van der Waals surface area contributed by atoms with Gasteiger partial charge in [0.2, 0.25) is 0 Å². The van der Waals surface area contributed by atoms with Gasteiger partial charge in [-0.05, 0) is 31.4 Å². The molecule has 1 N–H and O–H groups in total. The van der Waals surface area contributed by atoms with Crippen LogP contribution in [0.5, 0.6) is 0 Å². The van der Waals surface area contributed by atoms with Crippen LogP contribution in [0.15, 0.2) is 40.5 Å². The van der Waals surface area contributed by atoms with Crippen LogP contribution in [0.3, 0.4) is 0 Å². The number of nitrogens with one attached hydrogen (secondary N) is 1. The average Bonchev–Trinajstić information content (AvgIpc) is 2.66. The van der Waals surface area contributed by atoms with Crippen LogP contribution in [0.25, 0.3) is 0 Å². The van der Waals surface area contributed by atoms with Crippen LogP contribution in [0, 0.1) is 17.2 Å². The molecule has 0 aromatic heterocycles. The van der Waals surface area contributed by atoms with Gasteiger partial charge in [0.25, 0.3) is 5.91 Å². The van der Waals surface area contributed by atoms with E-state index in [0.29, 0.717) is 39.1 Å². The molecule has 0 saturated carbocycles. The topological polar surface area (TPSA) is 82.4 Å². The van der Waals surface area contributed by atoms with Gasteiger partial charge in [-0.1, -0.05) is 34.1 Å². The molecule has 0 bridgehead atoms. The lowest BCUT2D eigenvalue weighted by Gasteiger charge is -2.30. The van der Waals surface area contributed by atoms with E-state index < -0.39 is 0 Å². The Morgan fingerprint density at radius 2 is 2.08 bits per heavy atom. The van der Waals surface area contributed by atoms with Gasteiger partial charge in [-0.2, -0.15) is 5.26 Å². The summed E-state index contributed by atoms with van der Waals surface area (Å²) in [6.07, 6.45) is 2.58. The number of halogens is 1. The normalized spacial score (nSPS) is 15.3. The third-order valence-corrected chi connectivity index (χ3v) is 5.02. The molecular weight excluding hydrogens is 398 g/mol. The van der Waals surface area contributed by atoms with Crippen LogP contribution in [0.4, 0.5) is 0 Å². The highest BCUT2D eigenvalue weighted by atomic mass is 79.9. The van der Waals surface area contributed by atoms with Crippen molar-refractivity contribution in [1.82, 2.24) is 10.2 Å². The number of amides is 1. The van der Waals surface area contributed by atoms with Gasteiger partial charge in [0, 0.05) is 30.3 Å². The van der Waals surface area contributed by atoms with Crippen molar-refractivity contribution in [3.05, 3.63) is 46.1 Å². The van der Waals surface area contributed by atoms with E-state index >= 15 is 0 Å². The van der Waals surface area contributed by atoms with Gasteiger partial charge in [0.1, 0.15) is 11.6 Å². The summed E-state index contributed by atoms with van der Waals surface area (Å²) in [5.74, 6) is -0.678. The summed E-state index contributed by atoms with van der Waals surface area (Å²) in [6.45, 7) is 3.55. The largest absolute Gasteiger partial charge is 0.466 e. The molecule has 138 valence electrons. The fourth-order valence-electron chi connectivity index (χ4n) is 2.80. The standard InChI is InChI=1S/C19H22BrN3O3/c1-2-26-19(25)14-7-9-23(10-8-14)18(24)16(11-21)13-22-12-15-5-3-4-6-17(15)20/h3-6,13-14,22H,2,7-10,12H2,1H3/b16-13-. The van der Waals surface area contributed by atoms with Gasteiger partial charge in [0.05, 0.1) is 12.5 Å². The fraction of sp³-hybridized carbons (Fsp3) is 0.421. The summed E-state index contributed by atoms with van der Waals surface area (Å²) in [4.78, 5) is 25.9. The van der Waals surface area contributed by atoms with Crippen molar-refractivity contribution in [3.8, 4) is 6.07 Å². The fourth-order valence-corrected chi connectivity index (χ4v) is 3.22. The minimum Gasteiger partial charge on any atom is -0.466 e. The second-order valence-electron chi connectivity index (χ2n) is 5.96. The van der Waals surface area contributed by atoms with E-state index in [0.717, 1.165) is 10.0 Å². The van der Waals surface area contributed by atoms with E-state index in [1.54, 1.807) is 11.8 Å². The van der Waals surface area contributed by atoms with Crippen molar-refractivity contribution < 1.29 is 14.3 Å². The smallest absolute Gasteiger partial charge is 0.309 e. The number of carbonyl (C=O) groups excluding carboxylic acids is 2. The molecule has 0 unspecified atom stereocenters. The second-order valence-corrected chi connectivity index (χ2v) is 6.81. The number of benzene rings is 1. The molecule has 6 nitrogen and oxygen atoms in total. The summed E-state index contributed by atoms with van der Waals surface area (Å²) < 4.78 is 6.00. The minimum absolute atomic E-state index is 0.0617. The van der Waals surface area contributed by atoms with Gasteiger partial charge in [-0.3, -0.25) is 9.59 Å². The molecule has 1 aromatic carbocycles. The summed E-state index contributed by atoms with van der Waals surface area (Å²) in [7, 11) is 0. The summed E-state index contributed by atoms with van der Waals surface area (Å²) in [5.41, 5.74) is 1.09. The SMILES string of the molecule is CCOC(=O)C1CCN(C(=O)/C(C#N)=C\NCc2ccccc2Br)CC1. The van der Waals surface area contributed by atoms with Crippen LogP contribution >= 0.6 is 15.9 Å². The van der Waals surface area contributed by atoms with Crippen LogP contribution in [-0.2, 0) is 20.9 Å². The van der Waals surface area contributed by atoms with E-state index in [1.165, 1.54) is 6.20 Å². The lowest BCUT2D eigenvalue weighted by atomic mass is 9.96. The minimum atomic E-state index is -0.311. The predicted octanol–water partition coefficient (Wildman–Crippen LogP) is 2.75. The Morgan fingerprint density at radius 1 is 1.38 bits per heavy atom. The van der Waals surface area contributed by atoms with Crippen molar-refractivity contribution in [1.29, 1.82) is 5.26 Å². The number of ether oxygens (including phenoxy) is 1. The highest BCUT2D eigenvalue weighted by Gasteiger charge is 2.29. The number of carbonyl (C=O) groups is 2. The number of rotatable bonds is 6. The molecule has 2 rings (SSSR count). The van der Waals surface area contributed by atoms with Crippen LogP contribution in [0.1, 0.15) is 25.3 Å². The third-order valence-electron chi connectivity index (χ3n) is 4.25. The number of likely N-dealkylation sites (tertiary alicyclic amines) is 1. The maximum Gasteiger partial charge on any atom is 0.309 e. The number of nitrogens with zero attached hydrogens (tertiary/aromatic N) is 2. The molecule has 0 spiro atoms. The predicted molar refractivity (Wildman–Crippen MR) is 101 cm³/mol. The maximum absolute atomic E-state index is 12.5. The second kappa shape index (κ2) is 9.97. The molecule has 1 aliphatic rings. The van der Waals surface area contributed by atoms with Gasteiger partial charge < -0.3 is 15.0 Å². The first-order valence-electron chi connectivity index (χ1n) is 8.59. The van der Waals surface area contributed by atoms with E-state index in [-0.39, 0.29) is 23.4 Å². The molecule has 0 aliphatic carbocycles. The molecule has 1 fully saturated rings. The summed E-state index contributed by atoms with van der Waals surface area (Å²) in [5, 5.41) is 12.3. The molecule has 1 aliphatic heterocycles. The number of esters is 1. The third kappa shape index (κ3) is 5.33. The zero-order chi connectivity index (χ0) is 18.9. The highest BCUT2D eigenvalue weighted by Crippen LogP contribution is 2.20. The van der Waals surface area contributed by atoms with Crippen molar-refractivity contribution in [2.75, 3.05) is 19.7 Å². The van der Waals surface area contributed by atoms with Gasteiger partial charge in [-0.15, -0.1) is 0 Å². The molecule has 7 heteroatoms. The Hall–Kier alpha value is -2.33. The lowest BCUT2D eigenvalue weighted by Crippen LogP contribution is -2.41. The Labute approximate surface area is 161 Å². The van der Waals surface area contributed by atoms with Crippen LogP contribution in [-0.4, -0.2) is 36.5 Å². The van der Waals surface area contributed by atoms with Gasteiger partial charge in [-0.25, -0.2) is 0 Å². The lowest BCUT2D eigenvalue weighted by molar-refractivity contribution is -0.150. The van der Waals surface area contributed by atoms with Crippen LogP contribution < -0.4 is 5.32 Å². The van der Waals surface area contributed by atoms with Crippen molar-refractivity contribution in [2.24, 2.45) is 5.92 Å². The molecule has 0 radical (unpaired) electrons. The van der Waals surface area contributed by atoms with E-state index in [2.05, 4.69) is 21.2 Å². The van der Waals surface area contributed by atoms with Crippen molar-refractivity contribution in [2.45, 2.75) is 26.3 Å². The molecular formula is C19H22BrN3O3.